The Morgan fingerprint density at radius 3 is 1.87 bits per heavy atom. The number of ether oxygens (including phenoxy) is 3. The summed E-state index contributed by atoms with van der Waals surface area (Å²) in [5.74, 6) is 1.28. The normalized spacial score (nSPS) is 16.8. The van der Waals surface area contributed by atoms with E-state index in [0.717, 1.165) is 6.61 Å². The Morgan fingerprint density at radius 2 is 1.43 bits per heavy atom. The van der Waals surface area contributed by atoms with E-state index in [1.54, 1.807) is 48.5 Å². The second-order valence-electron chi connectivity index (χ2n) is 5.15. The fraction of sp³-hybridized carbons (Fsp3) is 0.294. The van der Waals surface area contributed by atoms with Crippen LogP contribution in [0.1, 0.15) is 6.92 Å². The molecule has 5 nitrogen and oxygen atoms in total. The number of rotatable bonds is 7. The lowest BCUT2D eigenvalue weighted by molar-refractivity contribution is 0.263. The van der Waals surface area contributed by atoms with E-state index in [4.69, 9.17) is 14.2 Å². The highest BCUT2D eigenvalue weighted by Gasteiger charge is 2.23. The van der Waals surface area contributed by atoms with Gasteiger partial charge < -0.3 is 14.2 Å². The molecule has 1 atom stereocenters. The van der Waals surface area contributed by atoms with Crippen LogP contribution >= 0.6 is 0 Å². The first-order valence-electron chi connectivity index (χ1n) is 7.42. The van der Waals surface area contributed by atoms with Gasteiger partial charge in [-0.05, 0) is 55.5 Å². The van der Waals surface area contributed by atoms with Crippen LogP contribution in [0.3, 0.4) is 0 Å². The number of sulfone groups is 1. The van der Waals surface area contributed by atoms with Crippen molar-refractivity contribution in [1.82, 2.24) is 0 Å². The lowest BCUT2D eigenvalue weighted by atomic mass is 10.3. The standard InChI is InChI=1S/C17H18O5S/c1-2-20-13-3-7-16(8-4-13)23(18,19)17-9-5-14(6-10-17)21-11-15-12-22-15/h3-10,15H,2,11-12H2,1H3. The Bertz CT molecular complexity index is 747. The third-order valence-corrected chi connectivity index (χ3v) is 5.20. The zero-order valence-electron chi connectivity index (χ0n) is 12.8. The monoisotopic (exact) mass is 334 g/mol. The summed E-state index contributed by atoms with van der Waals surface area (Å²) in [6.07, 6.45) is 0.169. The highest BCUT2D eigenvalue weighted by Crippen LogP contribution is 2.25. The first kappa shape index (κ1) is 15.8. The molecule has 0 spiro atoms. The maximum absolute atomic E-state index is 12.6. The Balaban J connectivity index is 1.75. The highest BCUT2D eigenvalue weighted by atomic mass is 32.2. The van der Waals surface area contributed by atoms with Crippen LogP contribution in [-0.4, -0.2) is 34.3 Å². The zero-order chi connectivity index (χ0) is 16.3. The van der Waals surface area contributed by atoms with Crippen molar-refractivity contribution in [2.75, 3.05) is 19.8 Å². The summed E-state index contributed by atoms with van der Waals surface area (Å²) >= 11 is 0. The predicted molar refractivity (Wildman–Crippen MR) is 84.7 cm³/mol. The van der Waals surface area contributed by atoms with Gasteiger partial charge >= 0.3 is 0 Å². The van der Waals surface area contributed by atoms with Crippen molar-refractivity contribution in [2.24, 2.45) is 0 Å². The second-order valence-corrected chi connectivity index (χ2v) is 7.10. The summed E-state index contributed by atoms with van der Waals surface area (Å²) in [6.45, 7) is 3.64. The average molecular weight is 334 g/mol. The topological polar surface area (TPSA) is 65.1 Å². The van der Waals surface area contributed by atoms with Crippen LogP contribution in [0.2, 0.25) is 0 Å². The van der Waals surface area contributed by atoms with E-state index in [1.165, 1.54) is 0 Å². The van der Waals surface area contributed by atoms with Gasteiger partial charge in [-0.1, -0.05) is 0 Å². The van der Waals surface area contributed by atoms with E-state index in [-0.39, 0.29) is 15.9 Å². The Hall–Kier alpha value is -2.05. The SMILES string of the molecule is CCOc1ccc(S(=O)(=O)c2ccc(OCC3CO3)cc2)cc1. The maximum atomic E-state index is 12.6. The smallest absolute Gasteiger partial charge is 0.206 e. The third kappa shape index (κ3) is 3.83. The molecule has 23 heavy (non-hydrogen) atoms. The Labute approximate surface area is 135 Å². The van der Waals surface area contributed by atoms with Gasteiger partial charge in [0.05, 0.1) is 23.0 Å². The zero-order valence-corrected chi connectivity index (χ0v) is 13.6. The minimum absolute atomic E-state index is 0.169. The number of hydrogen-bond acceptors (Lipinski definition) is 5. The van der Waals surface area contributed by atoms with Crippen molar-refractivity contribution in [3.05, 3.63) is 48.5 Å². The molecule has 1 aliphatic heterocycles. The molecule has 122 valence electrons. The summed E-state index contributed by atoms with van der Waals surface area (Å²) in [4.78, 5) is 0.470. The molecule has 3 rings (SSSR count). The third-order valence-electron chi connectivity index (χ3n) is 3.42. The number of epoxide rings is 1. The summed E-state index contributed by atoms with van der Waals surface area (Å²) < 4.78 is 41.1. The molecule has 0 aliphatic carbocycles. The molecule has 6 heteroatoms. The minimum atomic E-state index is -3.54. The lowest BCUT2D eigenvalue weighted by Crippen LogP contribution is -2.05. The average Bonchev–Trinajstić information content (AvgIpc) is 3.39. The molecule has 1 unspecified atom stereocenters. The second kappa shape index (κ2) is 6.60. The molecule has 0 bridgehead atoms. The van der Waals surface area contributed by atoms with Crippen LogP contribution in [0.15, 0.2) is 58.3 Å². The van der Waals surface area contributed by atoms with Gasteiger partial charge in [0, 0.05) is 0 Å². The molecule has 1 saturated heterocycles. The largest absolute Gasteiger partial charge is 0.494 e. The van der Waals surface area contributed by atoms with Crippen LogP contribution in [0.4, 0.5) is 0 Å². The van der Waals surface area contributed by atoms with Gasteiger partial charge in [0.2, 0.25) is 9.84 Å². The van der Waals surface area contributed by atoms with Crippen molar-refractivity contribution in [1.29, 1.82) is 0 Å². The molecule has 1 aliphatic rings. The van der Waals surface area contributed by atoms with Gasteiger partial charge in [0.25, 0.3) is 0 Å². The van der Waals surface area contributed by atoms with E-state index < -0.39 is 9.84 Å². The lowest BCUT2D eigenvalue weighted by Gasteiger charge is -2.08. The van der Waals surface area contributed by atoms with Crippen LogP contribution in [0.5, 0.6) is 11.5 Å². The first-order valence-corrected chi connectivity index (χ1v) is 8.90. The summed E-state index contributed by atoms with van der Waals surface area (Å²) in [7, 11) is -3.54. The van der Waals surface area contributed by atoms with Gasteiger partial charge in [-0.3, -0.25) is 0 Å². The van der Waals surface area contributed by atoms with Crippen molar-refractivity contribution >= 4 is 9.84 Å². The molecule has 0 radical (unpaired) electrons. The Morgan fingerprint density at radius 1 is 0.957 bits per heavy atom. The van der Waals surface area contributed by atoms with Crippen molar-refractivity contribution in [3.8, 4) is 11.5 Å². The van der Waals surface area contributed by atoms with Gasteiger partial charge in [-0.2, -0.15) is 0 Å². The van der Waals surface area contributed by atoms with Gasteiger partial charge in [0.1, 0.15) is 24.2 Å². The van der Waals surface area contributed by atoms with Crippen LogP contribution < -0.4 is 9.47 Å². The fourth-order valence-electron chi connectivity index (χ4n) is 2.09. The molecular weight excluding hydrogens is 316 g/mol. The van der Waals surface area contributed by atoms with Gasteiger partial charge in [-0.25, -0.2) is 8.42 Å². The fourth-order valence-corrected chi connectivity index (χ4v) is 3.35. The molecular formula is C17H18O5S. The molecule has 2 aromatic carbocycles. The molecule has 1 heterocycles. The minimum Gasteiger partial charge on any atom is -0.494 e. The Kier molecular flexibility index (Phi) is 4.54. The van der Waals surface area contributed by atoms with Gasteiger partial charge in [0.15, 0.2) is 0 Å². The van der Waals surface area contributed by atoms with Crippen LogP contribution in [-0.2, 0) is 14.6 Å². The molecule has 2 aromatic rings. The van der Waals surface area contributed by atoms with Gasteiger partial charge in [-0.15, -0.1) is 0 Å². The maximum Gasteiger partial charge on any atom is 0.206 e. The van der Waals surface area contributed by atoms with Crippen molar-refractivity contribution in [3.63, 3.8) is 0 Å². The molecule has 1 fully saturated rings. The number of hydrogen-bond donors (Lipinski definition) is 0. The molecule has 0 aromatic heterocycles. The highest BCUT2D eigenvalue weighted by molar-refractivity contribution is 7.91. The van der Waals surface area contributed by atoms with E-state index in [9.17, 15) is 8.42 Å². The van der Waals surface area contributed by atoms with Crippen molar-refractivity contribution < 1.29 is 22.6 Å². The molecule has 0 N–H and O–H groups in total. The van der Waals surface area contributed by atoms with E-state index >= 15 is 0 Å². The summed E-state index contributed by atoms with van der Waals surface area (Å²) in [6, 6.07) is 12.8. The molecule has 0 amide bonds. The van der Waals surface area contributed by atoms with E-state index in [2.05, 4.69) is 0 Å². The van der Waals surface area contributed by atoms with E-state index in [0.29, 0.717) is 24.7 Å². The van der Waals surface area contributed by atoms with Crippen LogP contribution in [0, 0.1) is 0 Å². The van der Waals surface area contributed by atoms with E-state index in [1.807, 2.05) is 6.92 Å². The number of benzene rings is 2. The summed E-state index contributed by atoms with van der Waals surface area (Å²) in [5, 5.41) is 0. The molecule has 0 saturated carbocycles. The quantitative estimate of drug-likeness (QED) is 0.729. The predicted octanol–water partition coefficient (Wildman–Crippen LogP) is 2.70. The summed E-state index contributed by atoms with van der Waals surface area (Å²) in [5.41, 5.74) is 0. The van der Waals surface area contributed by atoms with Crippen molar-refractivity contribution in [2.45, 2.75) is 22.8 Å². The first-order chi connectivity index (χ1) is 11.1. The van der Waals surface area contributed by atoms with Crippen LogP contribution in [0.25, 0.3) is 0 Å².